The monoisotopic (exact) mass is 467 g/mol. The highest BCUT2D eigenvalue weighted by molar-refractivity contribution is 9.10. The van der Waals surface area contributed by atoms with E-state index in [-0.39, 0.29) is 28.3 Å². The van der Waals surface area contributed by atoms with Crippen molar-refractivity contribution in [2.45, 2.75) is 25.4 Å². The Bertz CT molecular complexity index is 1030. The summed E-state index contributed by atoms with van der Waals surface area (Å²) in [7, 11) is 0. The third kappa shape index (κ3) is 5.03. The molecule has 3 rings (SSSR count). The number of alkyl halides is 3. The lowest BCUT2D eigenvalue weighted by molar-refractivity contribution is -0.159. The van der Waals surface area contributed by atoms with E-state index in [4.69, 9.17) is 0 Å². The fourth-order valence-electron chi connectivity index (χ4n) is 2.67. The lowest BCUT2D eigenvalue weighted by atomic mass is 9.84. The van der Waals surface area contributed by atoms with Crippen molar-refractivity contribution < 1.29 is 22.5 Å². The SMILES string of the molecule is CC(C)(CNC(=O)c1cccc(-c2noc(C(F)(F)F)n2)c1)c1cccc(Br)c1. The van der Waals surface area contributed by atoms with Crippen LogP contribution < -0.4 is 5.32 Å². The van der Waals surface area contributed by atoms with Gasteiger partial charge in [0, 0.05) is 27.6 Å². The summed E-state index contributed by atoms with van der Waals surface area (Å²) >= 11 is 3.44. The minimum Gasteiger partial charge on any atom is -0.351 e. The molecule has 0 fully saturated rings. The van der Waals surface area contributed by atoms with E-state index >= 15 is 0 Å². The van der Waals surface area contributed by atoms with Gasteiger partial charge in [-0.25, -0.2) is 0 Å². The zero-order chi connectivity index (χ0) is 21.2. The molecule has 0 atom stereocenters. The number of benzene rings is 2. The topological polar surface area (TPSA) is 68.0 Å². The highest BCUT2D eigenvalue weighted by Crippen LogP contribution is 2.29. The van der Waals surface area contributed by atoms with Gasteiger partial charge < -0.3 is 9.84 Å². The number of halogens is 4. The zero-order valence-corrected chi connectivity index (χ0v) is 17.1. The number of hydrogen-bond acceptors (Lipinski definition) is 4. The first-order valence-electron chi connectivity index (χ1n) is 8.62. The number of carbonyl (C=O) groups is 1. The largest absolute Gasteiger partial charge is 0.471 e. The van der Waals surface area contributed by atoms with E-state index in [1.165, 1.54) is 12.1 Å². The summed E-state index contributed by atoms with van der Waals surface area (Å²) in [5.41, 5.74) is 1.26. The maximum absolute atomic E-state index is 12.6. The molecular weight excluding hydrogens is 451 g/mol. The molecule has 9 heteroatoms. The van der Waals surface area contributed by atoms with Gasteiger partial charge in [0.15, 0.2) is 0 Å². The van der Waals surface area contributed by atoms with Crippen LogP contribution in [-0.2, 0) is 11.6 Å². The van der Waals surface area contributed by atoms with E-state index in [9.17, 15) is 18.0 Å². The van der Waals surface area contributed by atoms with Crippen molar-refractivity contribution in [2.24, 2.45) is 0 Å². The van der Waals surface area contributed by atoms with Crippen molar-refractivity contribution in [3.8, 4) is 11.4 Å². The predicted octanol–water partition coefficient (Wildman–Crippen LogP) is 5.23. The Balaban J connectivity index is 1.73. The van der Waals surface area contributed by atoms with Crippen LogP contribution in [0.3, 0.4) is 0 Å². The molecule has 0 radical (unpaired) electrons. The number of rotatable bonds is 5. The van der Waals surface area contributed by atoms with Gasteiger partial charge in [-0.1, -0.05) is 59.2 Å². The van der Waals surface area contributed by atoms with Crippen LogP contribution in [0.5, 0.6) is 0 Å². The van der Waals surface area contributed by atoms with E-state index in [0.29, 0.717) is 6.54 Å². The van der Waals surface area contributed by atoms with E-state index in [1.807, 2.05) is 38.1 Å². The van der Waals surface area contributed by atoms with Crippen LogP contribution in [-0.4, -0.2) is 22.6 Å². The molecule has 1 heterocycles. The fraction of sp³-hybridized carbons (Fsp3) is 0.250. The molecule has 0 bridgehead atoms. The molecule has 3 aromatic rings. The first-order chi connectivity index (χ1) is 13.6. The van der Waals surface area contributed by atoms with E-state index in [2.05, 4.69) is 35.9 Å². The van der Waals surface area contributed by atoms with Gasteiger partial charge in [-0.3, -0.25) is 4.79 Å². The van der Waals surface area contributed by atoms with Gasteiger partial charge in [-0.2, -0.15) is 18.2 Å². The summed E-state index contributed by atoms with van der Waals surface area (Å²) in [5.74, 6) is -2.02. The van der Waals surface area contributed by atoms with Crippen molar-refractivity contribution in [3.63, 3.8) is 0 Å². The minimum absolute atomic E-state index is 0.235. The normalized spacial score (nSPS) is 12.1. The first kappa shape index (κ1) is 21.0. The maximum Gasteiger partial charge on any atom is 0.471 e. The van der Waals surface area contributed by atoms with Gasteiger partial charge in [-0.15, -0.1) is 0 Å². The van der Waals surface area contributed by atoms with E-state index in [1.54, 1.807) is 12.1 Å². The molecule has 0 saturated carbocycles. The zero-order valence-electron chi connectivity index (χ0n) is 15.5. The second-order valence-corrected chi connectivity index (χ2v) is 7.99. The van der Waals surface area contributed by atoms with Crippen LogP contribution in [0.15, 0.2) is 57.5 Å². The summed E-state index contributed by atoms with van der Waals surface area (Å²) in [4.78, 5) is 15.9. The number of amides is 1. The van der Waals surface area contributed by atoms with Crippen molar-refractivity contribution in [3.05, 3.63) is 70.0 Å². The molecule has 0 unspecified atom stereocenters. The molecule has 29 heavy (non-hydrogen) atoms. The average Bonchev–Trinajstić information content (AvgIpc) is 3.17. The standard InChI is InChI=1S/C20H17BrF3N3O2/c1-19(2,14-7-4-8-15(21)10-14)11-25-17(28)13-6-3-5-12(9-13)16-26-18(29-27-16)20(22,23)24/h3-10H,11H2,1-2H3,(H,25,28). The fourth-order valence-corrected chi connectivity index (χ4v) is 3.07. The van der Waals surface area contributed by atoms with Gasteiger partial charge in [0.1, 0.15) is 0 Å². The summed E-state index contributed by atoms with van der Waals surface area (Å²) in [6.07, 6.45) is -4.72. The van der Waals surface area contributed by atoms with Gasteiger partial charge in [-0.05, 0) is 29.8 Å². The minimum atomic E-state index is -4.72. The molecule has 1 aromatic heterocycles. The second kappa shape index (κ2) is 7.98. The van der Waals surface area contributed by atoms with Gasteiger partial charge in [0.05, 0.1) is 0 Å². The highest BCUT2D eigenvalue weighted by Gasteiger charge is 2.38. The summed E-state index contributed by atoms with van der Waals surface area (Å²) in [6.45, 7) is 4.37. The van der Waals surface area contributed by atoms with Gasteiger partial charge in [0.2, 0.25) is 5.82 Å². The average molecular weight is 468 g/mol. The Morgan fingerprint density at radius 1 is 1.14 bits per heavy atom. The Kier molecular flexibility index (Phi) is 5.79. The van der Waals surface area contributed by atoms with Crippen molar-refractivity contribution in [1.29, 1.82) is 0 Å². The molecular formula is C20H17BrF3N3O2. The van der Waals surface area contributed by atoms with Crippen LogP contribution in [0.2, 0.25) is 0 Å². The number of hydrogen-bond donors (Lipinski definition) is 1. The first-order valence-corrected chi connectivity index (χ1v) is 9.41. The summed E-state index contributed by atoms with van der Waals surface area (Å²) in [5, 5.41) is 6.21. The smallest absolute Gasteiger partial charge is 0.351 e. The Labute approximate surface area is 173 Å². The van der Waals surface area contributed by atoms with Crippen LogP contribution in [0.4, 0.5) is 13.2 Å². The third-order valence-electron chi connectivity index (χ3n) is 4.35. The highest BCUT2D eigenvalue weighted by atomic mass is 79.9. The molecule has 0 aliphatic heterocycles. The molecule has 5 nitrogen and oxygen atoms in total. The second-order valence-electron chi connectivity index (χ2n) is 7.08. The molecule has 1 amide bonds. The lowest BCUT2D eigenvalue weighted by Gasteiger charge is -2.26. The molecule has 1 N–H and O–H groups in total. The number of carbonyl (C=O) groups excluding carboxylic acids is 1. The van der Waals surface area contributed by atoms with Crippen LogP contribution in [0, 0.1) is 0 Å². The maximum atomic E-state index is 12.6. The Morgan fingerprint density at radius 3 is 2.52 bits per heavy atom. The van der Waals surface area contributed by atoms with Crippen molar-refractivity contribution >= 4 is 21.8 Å². The van der Waals surface area contributed by atoms with Crippen LogP contribution >= 0.6 is 15.9 Å². The van der Waals surface area contributed by atoms with E-state index in [0.717, 1.165) is 10.0 Å². The van der Waals surface area contributed by atoms with E-state index < -0.39 is 12.1 Å². The number of nitrogens with one attached hydrogen (secondary N) is 1. The Hall–Kier alpha value is -2.68. The third-order valence-corrected chi connectivity index (χ3v) is 4.84. The molecule has 152 valence electrons. The summed E-state index contributed by atoms with van der Waals surface area (Å²) < 4.78 is 43.1. The molecule has 2 aromatic carbocycles. The molecule has 0 saturated heterocycles. The number of aromatic nitrogens is 2. The summed E-state index contributed by atoms with van der Waals surface area (Å²) in [6, 6.07) is 13.9. The molecule has 0 aliphatic rings. The van der Waals surface area contributed by atoms with Crippen LogP contribution in [0.1, 0.15) is 35.7 Å². The molecule has 0 spiro atoms. The lowest BCUT2D eigenvalue weighted by Crippen LogP contribution is -2.36. The van der Waals surface area contributed by atoms with Crippen LogP contribution in [0.25, 0.3) is 11.4 Å². The Morgan fingerprint density at radius 2 is 1.86 bits per heavy atom. The van der Waals surface area contributed by atoms with Crippen molar-refractivity contribution in [2.75, 3.05) is 6.54 Å². The number of nitrogens with zero attached hydrogens (tertiary/aromatic N) is 2. The van der Waals surface area contributed by atoms with Gasteiger partial charge in [0.25, 0.3) is 5.91 Å². The quantitative estimate of drug-likeness (QED) is 0.557. The predicted molar refractivity (Wildman–Crippen MR) is 104 cm³/mol. The van der Waals surface area contributed by atoms with Gasteiger partial charge >= 0.3 is 12.1 Å². The van der Waals surface area contributed by atoms with Crippen molar-refractivity contribution in [1.82, 2.24) is 15.5 Å². The molecule has 0 aliphatic carbocycles.